The first-order valence-electron chi connectivity index (χ1n) is 4.86. The summed E-state index contributed by atoms with van der Waals surface area (Å²) in [5.41, 5.74) is 2.12. The number of halogens is 1. The zero-order valence-corrected chi connectivity index (χ0v) is 9.21. The Bertz CT molecular complexity index is 433. The molecule has 0 bridgehead atoms. The molecule has 0 radical (unpaired) electrons. The van der Waals surface area contributed by atoms with E-state index in [0.29, 0.717) is 6.61 Å². The molecule has 1 aromatic heterocycles. The van der Waals surface area contributed by atoms with Gasteiger partial charge in [0.25, 0.3) is 0 Å². The first-order valence-corrected chi connectivity index (χ1v) is 5.24. The fraction of sp³-hybridized carbons (Fsp3) is 0.167. The first-order chi connectivity index (χ1) is 7.29. The van der Waals surface area contributed by atoms with Gasteiger partial charge >= 0.3 is 0 Å². The standard InChI is InChI=1S/C12H12ClNO/c1-2-15-11-5-3-9(4-6-11)12-7-10(13)8-14-12/h3-8,14H,2H2,1H3. The highest BCUT2D eigenvalue weighted by Crippen LogP contribution is 2.23. The van der Waals surface area contributed by atoms with Crippen LogP contribution in [0.3, 0.4) is 0 Å². The summed E-state index contributed by atoms with van der Waals surface area (Å²) in [5.74, 6) is 0.888. The van der Waals surface area contributed by atoms with Crippen LogP contribution in [0.25, 0.3) is 11.3 Å². The molecular weight excluding hydrogens is 210 g/mol. The molecule has 2 rings (SSSR count). The molecule has 2 nitrogen and oxygen atoms in total. The minimum absolute atomic E-state index is 0.688. The molecule has 0 amide bonds. The molecule has 0 unspecified atom stereocenters. The lowest BCUT2D eigenvalue weighted by Gasteiger charge is -2.03. The number of rotatable bonds is 3. The van der Waals surface area contributed by atoms with Crippen molar-refractivity contribution in [2.45, 2.75) is 6.92 Å². The van der Waals surface area contributed by atoms with Crippen LogP contribution >= 0.6 is 11.6 Å². The Hall–Kier alpha value is -1.41. The van der Waals surface area contributed by atoms with Crippen molar-refractivity contribution < 1.29 is 4.74 Å². The molecule has 0 aliphatic carbocycles. The molecule has 78 valence electrons. The summed E-state index contributed by atoms with van der Waals surface area (Å²) in [7, 11) is 0. The van der Waals surface area contributed by atoms with Crippen molar-refractivity contribution in [1.82, 2.24) is 4.98 Å². The van der Waals surface area contributed by atoms with Crippen molar-refractivity contribution in [2.24, 2.45) is 0 Å². The second kappa shape index (κ2) is 4.41. The molecule has 3 heteroatoms. The molecule has 1 heterocycles. The Morgan fingerprint density at radius 2 is 2.00 bits per heavy atom. The predicted octanol–water partition coefficient (Wildman–Crippen LogP) is 3.73. The highest BCUT2D eigenvalue weighted by atomic mass is 35.5. The van der Waals surface area contributed by atoms with E-state index >= 15 is 0 Å². The minimum Gasteiger partial charge on any atom is -0.494 e. The third-order valence-electron chi connectivity index (χ3n) is 2.12. The summed E-state index contributed by atoms with van der Waals surface area (Å²) in [4.78, 5) is 3.10. The molecule has 2 aromatic rings. The van der Waals surface area contributed by atoms with Crippen molar-refractivity contribution in [2.75, 3.05) is 6.61 Å². The minimum atomic E-state index is 0.688. The van der Waals surface area contributed by atoms with Gasteiger partial charge in [-0.3, -0.25) is 0 Å². The van der Waals surface area contributed by atoms with Gasteiger partial charge in [-0.1, -0.05) is 11.6 Å². The van der Waals surface area contributed by atoms with Gasteiger partial charge < -0.3 is 9.72 Å². The average Bonchev–Trinajstić information content (AvgIpc) is 2.67. The van der Waals surface area contributed by atoms with Crippen molar-refractivity contribution in [1.29, 1.82) is 0 Å². The van der Waals surface area contributed by atoms with Crippen LogP contribution in [-0.2, 0) is 0 Å². The van der Waals surface area contributed by atoms with E-state index in [9.17, 15) is 0 Å². The van der Waals surface area contributed by atoms with Crippen LogP contribution in [0.4, 0.5) is 0 Å². The van der Waals surface area contributed by atoms with Crippen LogP contribution < -0.4 is 4.74 Å². The number of benzene rings is 1. The second-order valence-corrected chi connectivity index (χ2v) is 3.63. The fourth-order valence-electron chi connectivity index (χ4n) is 1.43. The van der Waals surface area contributed by atoms with Gasteiger partial charge in [-0.25, -0.2) is 0 Å². The number of hydrogen-bond acceptors (Lipinski definition) is 1. The van der Waals surface area contributed by atoms with Gasteiger partial charge in [0.15, 0.2) is 0 Å². The molecule has 0 fully saturated rings. The Balaban J connectivity index is 2.23. The normalized spacial score (nSPS) is 10.3. The Labute approximate surface area is 93.8 Å². The molecule has 0 atom stereocenters. The van der Waals surface area contributed by atoms with Gasteiger partial charge in [0.05, 0.1) is 11.6 Å². The van der Waals surface area contributed by atoms with E-state index in [4.69, 9.17) is 16.3 Å². The maximum Gasteiger partial charge on any atom is 0.119 e. The van der Waals surface area contributed by atoms with Crippen LogP contribution in [-0.4, -0.2) is 11.6 Å². The number of hydrogen-bond donors (Lipinski definition) is 1. The summed E-state index contributed by atoms with van der Waals surface area (Å²) < 4.78 is 5.37. The van der Waals surface area contributed by atoms with E-state index in [1.54, 1.807) is 6.20 Å². The van der Waals surface area contributed by atoms with E-state index in [1.807, 2.05) is 37.3 Å². The van der Waals surface area contributed by atoms with Gasteiger partial charge in [0.2, 0.25) is 0 Å². The number of aromatic amines is 1. The van der Waals surface area contributed by atoms with Crippen LogP contribution in [0.15, 0.2) is 36.5 Å². The maximum absolute atomic E-state index is 5.84. The summed E-state index contributed by atoms with van der Waals surface area (Å²) in [6.45, 7) is 2.66. The third kappa shape index (κ3) is 2.34. The Kier molecular flexibility index (Phi) is 2.97. The lowest BCUT2D eigenvalue weighted by atomic mass is 10.1. The summed E-state index contributed by atoms with van der Waals surface area (Å²) in [5, 5.41) is 0.721. The quantitative estimate of drug-likeness (QED) is 0.839. The van der Waals surface area contributed by atoms with Gasteiger partial charge in [-0.05, 0) is 42.8 Å². The van der Waals surface area contributed by atoms with Crippen molar-refractivity contribution in [3.63, 3.8) is 0 Å². The van der Waals surface area contributed by atoms with Crippen LogP contribution in [0.1, 0.15) is 6.92 Å². The molecule has 15 heavy (non-hydrogen) atoms. The van der Waals surface area contributed by atoms with Crippen molar-refractivity contribution in [3.8, 4) is 17.0 Å². The SMILES string of the molecule is CCOc1ccc(-c2cc(Cl)c[nH]2)cc1. The Morgan fingerprint density at radius 1 is 1.27 bits per heavy atom. The van der Waals surface area contributed by atoms with E-state index in [0.717, 1.165) is 22.0 Å². The molecular formula is C12H12ClNO. The largest absolute Gasteiger partial charge is 0.494 e. The molecule has 0 aliphatic rings. The highest BCUT2D eigenvalue weighted by Gasteiger charge is 2.00. The van der Waals surface area contributed by atoms with E-state index in [-0.39, 0.29) is 0 Å². The monoisotopic (exact) mass is 221 g/mol. The summed E-state index contributed by atoms with van der Waals surface area (Å²) in [6.07, 6.45) is 1.77. The van der Waals surface area contributed by atoms with Gasteiger partial charge in [0.1, 0.15) is 5.75 Å². The number of aromatic nitrogens is 1. The van der Waals surface area contributed by atoms with Crippen LogP contribution in [0, 0.1) is 0 Å². The second-order valence-electron chi connectivity index (χ2n) is 3.19. The average molecular weight is 222 g/mol. The van der Waals surface area contributed by atoms with Gasteiger partial charge in [0, 0.05) is 11.9 Å². The predicted molar refractivity (Wildman–Crippen MR) is 62.4 cm³/mol. The zero-order valence-electron chi connectivity index (χ0n) is 8.46. The van der Waals surface area contributed by atoms with Crippen molar-refractivity contribution >= 4 is 11.6 Å². The summed E-state index contributed by atoms with van der Waals surface area (Å²) in [6, 6.07) is 9.82. The lowest BCUT2D eigenvalue weighted by Crippen LogP contribution is -1.90. The van der Waals surface area contributed by atoms with E-state index in [2.05, 4.69) is 4.98 Å². The number of nitrogens with one attached hydrogen (secondary N) is 1. The number of H-pyrrole nitrogens is 1. The fourth-order valence-corrected chi connectivity index (χ4v) is 1.60. The molecule has 0 saturated carbocycles. The topological polar surface area (TPSA) is 25.0 Å². The highest BCUT2D eigenvalue weighted by molar-refractivity contribution is 6.30. The molecule has 1 N–H and O–H groups in total. The molecule has 0 saturated heterocycles. The van der Waals surface area contributed by atoms with Gasteiger partial charge in [-0.15, -0.1) is 0 Å². The smallest absolute Gasteiger partial charge is 0.119 e. The van der Waals surface area contributed by atoms with Gasteiger partial charge in [-0.2, -0.15) is 0 Å². The van der Waals surface area contributed by atoms with E-state index < -0.39 is 0 Å². The molecule has 0 aliphatic heterocycles. The van der Waals surface area contributed by atoms with Crippen LogP contribution in [0.5, 0.6) is 5.75 Å². The number of ether oxygens (including phenoxy) is 1. The molecule has 0 spiro atoms. The van der Waals surface area contributed by atoms with Crippen molar-refractivity contribution in [3.05, 3.63) is 41.6 Å². The van der Waals surface area contributed by atoms with E-state index in [1.165, 1.54) is 0 Å². The molecule has 1 aromatic carbocycles. The first kappa shape index (κ1) is 10.1. The Morgan fingerprint density at radius 3 is 2.53 bits per heavy atom. The maximum atomic E-state index is 5.84. The zero-order chi connectivity index (χ0) is 10.7. The lowest BCUT2D eigenvalue weighted by molar-refractivity contribution is 0.340. The van der Waals surface area contributed by atoms with Crippen LogP contribution in [0.2, 0.25) is 5.02 Å². The third-order valence-corrected chi connectivity index (χ3v) is 2.34. The summed E-state index contributed by atoms with van der Waals surface area (Å²) >= 11 is 5.84.